The summed E-state index contributed by atoms with van der Waals surface area (Å²) >= 11 is 0. The summed E-state index contributed by atoms with van der Waals surface area (Å²) in [7, 11) is 1.57. The van der Waals surface area contributed by atoms with Crippen LogP contribution in [0.25, 0.3) is 0 Å². The SMILES string of the molecule is COCC(CCO)NC(=O)C=C(C)C. The molecule has 2 N–H and O–H groups in total. The van der Waals surface area contributed by atoms with E-state index >= 15 is 0 Å². The van der Waals surface area contributed by atoms with E-state index in [1.54, 1.807) is 7.11 Å². The molecule has 1 amide bonds. The second-order valence-electron chi connectivity index (χ2n) is 3.39. The van der Waals surface area contributed by atoms with Gasteiger partial charge in [0.1, 0.15) is 0 Å². The molecule has 0 spiro atoms. The van der Waals surface area contributed by atoms with Crippen molar-refractivity contribution in [1.82, 2.24) is 5.32 Å². The number of hydrogen-bond donors (Lipinski definition) is 2. The van der Waals surface area contributed by atoms with E-state index in [0.717, 1.165) is 5.57 Å². The van der Waals surface area contributed by atoms with Crippen molar-refractivity contribution in [2.24, 2.45) is 0 Å². The van der Waals surface area contributed by atoms with Crippen molar-refractivity contribution >= 4 is 5.91 Å². The van der Waals surface area contributed by atoms with Gasteiger partial charge in [-0.15, -0.1) is 0 Å². The van der Waals surface area contributed by atoms with E-state index < -0.39 is 0 Å². The Hall–Kier alpha value is -0.870. The molecule has 82 valence electrons. The van der Waals surface area contributed by atoms with E-state index in [1.807, 2.05) is 13.8 Å². The molecule has 1 atom stereocenters. The van der Waals surface area contributed by atoms with Gasteiger partial charge in [-0.05, 0) is 20.3 Å². The third kappa shape index (κ3) is 6.62. The van der Waals surface area contributed by atoms with E-state index in [2.05, 4.69) is 5.32 Å². The zero-order chi connectivity index (χ0) is 11.0. The molecule has 0 saturated carbocycles. The molecular formula is C10H19NO3. The molecule has 0 aromatic rings. The van der Waals surface area contributed by atoms with Crippen molar-refractivity contribution in [3.8, 4) is 0 Å². The molecule has 0 rings (SSSR count). The number of aliphatic hydroxyl groups is 1. The highest BCUT2D eigenvalue weighted by atomic mass is 16.5. The van der Waals surface area contributed by atoms with Crippen molar-refractivity contribution in [1.29, 1.82) is 0 Å². The average Bonchev–Trinajstić information content (AvgIpc) is 2.03. The Morgan fingerprint density at radius 3 is 2.64 bits per heavy atom. The topological polar surface area (TPSA) is 58.6 Å². The summed E-state index contributed by atoms with van der Waals surface area (Å²) in [6.07, 6.45) is 2.04. The van der Waals surface area contributed by atoms with E-state index in [-0.39, 0.29) is 18.6 Å². The zero-order valence-electron chi connectivity index (χ0n) is 9.04. The first-order valence-corrected chi connectivity index (χ1v) is 4.65. The highest BCUT2D eigenvalue weighted by Gasteiger charge is 2.09. The summed E-state index contributed by atoms with van der Waals surface area (Å²) in [5.74, 6) is -0.138. The normalized spacial score (nSPS) is 12.0. The minimum atomic E-state index is -0.138. The summed E-state index contributed by atoms with van der Waals surface area (Å²) in [6.45, 7) is 4.18. The van der Waals surface area contributed by atoms with Crippen molar-refractivity contribution < 1.29 is 14.6 Å². The van der Waals surface area contributed by atoms with E-state index in [4.69, 9.17) is 9.84 Å². The molecule has 0 aliphatic rings. The molecule has 0 bridgehead atoms. The fourth-order valence-corrected chi connectivity index (χ4v) is 1.06. The predicted molar refractivity (Wildman–Crippen MR) is 54.9 cm³/mol. The molecule has 0 fully saturated rings. The first kappa shape index (κ1) is 13.1. The van der Waals surface area contributed by atoms with E-state index in [1.165, 1.54) is 6.08 Å². The van der Waals surface area contributed by atoms with Crippen LogP contribution in [0.3, 0.4) is 0 Å². The molecule has 0 saturated heterocycles. The van der Waals surface area contributed by atoms with Crippen LogP contribution in [0.5, 0.6) is 0 Å². The highest BCUT2D eigenvalue weighted by molar-refractivity contribution is 5.88. The molecule has 0 aliphatic heterocycles. The minimum Gasteiger partial charge on any atom is -0.396 e. The Morgan fingerprint density at radius 1 is 1.57 bits per heavy atom. The number of ether oxygens (including phenoxy) is 1. The zero-order valence-corrected chi connectivity index (χ0v) is 9.04. The molecule has 4 nitrogen and oxygen atoms in total. The number of hydrogen-bond acceptors (Lipinski definition) is 3. The Kier molecular flexibility index (Phi) is 7.06. The van der Waals surface area contributed by atoms with Crippen LogP contribution in [0.15, 0.2) is 11.6 Å². The van der Waals surface area contributed by atoms with Gasteiger partial charge in [0.2, 0.25) is 5.91 Å². The number of carbonyl (C=O) groups is 1. The van der Waals surface area contributed by atoms with Crippen molar-refractivity contribution in [3.63, 3.8) is 0 Å². The third-order valence-electron chi connectivity index (χ3n) is 1.61. The summed E-state index contributed by atoms with van der Waals surface area (Å²) in [5, 5.41) is 11.5. The molecule has 0 aromatic heterocycles. The molecule has 14 heavy (non-hydrogen) atoms. The van der Waals surface area contributed by atoms with Gasteiger partial charge >= 0.3 is 0 Å². The monoisotopic (exact) mass is 201 g/mol. The average molecular weight is 201 g/mol. The molecule has 1 unspecified atom stereocenters. The molecule has 0 aromatic carbocycles. The lowest BCUT2D eigenvalue weighted by Gasteiger charge is -2.15. The maximum Gasteiger partial charge on any atom is 0.244 e. The number of allylic oxidation sites excluding steroid dienone is 1. The van der Waals surface area contributed by atoms with Gasteiger partial charge in [0.05, 0.1) is 12.6 Å². The van der Waals surface area contributed by atoms with Gasteiger partial charge in [0.25, 0.3) is 0 Å². The summed E-state index contributed by atoms with van der Waals surface area (Å²) in [4.78, 5) is 11.3. The van der Waals surface area contributed by atoms with Crippen molar-refractivity contribution in [3.05, 3.63) is 11.6 Å². The molecule has 0 aliphatic carbocycles. The van der Waals surface area contributed by atoms with Gasteiger partial charge in [-0.25, -0.2) is 0 Å². The van der Waals surface area contributed by atoms with E-state index in [0.29, 0.717) is 13.0 Å². The van der Waals surface area contributed by atoms with Crippen molar-refractivity contribution in [2.45, 2.75) is 26.3 Å². The Morgan fingerprint density at radius 2 is 2.21 bits per heavy atom. The van der Waals surface area contributed by atoms with Crippen LogP contribution in [0.1, 0.15) is 20.3 Å². The van der Waals surface area contributed by atoms with Gasteiger partial charge in [0, 0.05) is 19.8 Å². The fraction of sp³-hybridized carbons (Fsp3) is 0.700. The molecular weight excluding hydrogens is 182 g/mol. The van der Waals surface area contributed by atoms with Crippen LogP contribution in [-0.4, -0.2) is 37.4 Å². The number of methoxy groups -OCH3 is 1. The standard InChI is InChI=1S/C10H19NO3/c1-8(2)6-10(13)11-9(4-5-12)7-14-3/h6,9,12H,4-5,7H2,1-3H3,(H,11,13). The van der Waals surface area contributed by atoms with Crippen LogP contribution < -0.4 is 5.32 Å². The van der Waals surface area contributed by atoms with Crippen LogP contribution >= 0.6 is 0 Å². The van der Waals surface area contributed by atoms with E-state index in [9.17, 15) is 4.79 Å². The molecule has 0 radical (unpaired) electrons. The Balaban J connectivity index is 4.01. The Labute approximate surface area is 85.0 Å². The lowest BCUT2D eigenvalue weighted by atomic mass is 10.2. The van der Waals surface area contributed by atoms with Gasteiger partial charge in [-0.3, -0.25) is 4.79 Å². The molecule has 4 heteroatoms. The lowest BCUT2D eigenvalue weighted by molar-refractivity contribution is -0.117. The number of aliphatic hydroxyl groups excluding tert-OH is 1. The second kappa shape index (κ2) is 7.53. The maximum absolute atomic E-state index is 11.3. The maximum atomic E-state index is 11.3. The Bertz CT molecular complexity index is 192. The summed E-state index contributed by atoms with van der Waals surface area (Å²) in [5.41, 5.74) is 0.947. The van der Waals surface area contributed by atoms with Gasteiger partial charge in [-0.1, -0.05) is 5.57 Å². The van der Waals surface area contributed by atoms with Crippen LogP contribution in [0, 0.1) is 0 Å². The first-order chi connectivity index (χ1) is 6.60. The molecule has 0 heterocycles. The highest BCUT2D eigenvalue weighted by Crippen LogP contribution is 1.94. The minimum absolute atomic E-state index is 0.0448. The quantitative estimate of drug-likeness (QED) is 0.614. The number of rotatable bonds is 6. The second-order valence-corrected chi connectivity index (χ2v) is 3.39. The smallest absolute Gasteiger partial charge is 0.244 e. The number of nitrogens with one attached hydrogen (secondary N) is 1. The van der Waals surface area contributed by atoms with Crippen molar-refractivity contribution in [2.75, 3.05) is 20.3 Å². The predicted octanol–water partition coefficient (Wildman–Crippen LogP) is 0.466. The van der Waals surface area contributed by atoms with Crippen LogP contribution in [0.4, 0.5) is 0 Å². The number of carbonyl (C=O) groups excluding carboxylic acids is 1. The first-order valence-electron chi connectivity index (χ1n) is 4.65. The van der Waals surface area contributed by atoms with Crippen LogP contribution in [0.2, 0.25) is 0 Å². The van der Waals surface area contributed by atoms with Gasteiger partial charge < -0.3 is 15.2 Å². The lowest BCUT2D eigenvalue weighted by Crippen LogP contribution is -2.37. The summed E-state index contributed by atoms with van der Waals surface area (Å²) < 4.78 is 4.92. The fourth-order valence-electron chi connectivity index (χ4n) is 1.06. The third-order valence-corrected chi connectivity index (χ3v) is 1.61. The number of amides is 1. The summed E-state index contributed by atoms with van der Waals surface area (Å²) in [6, 6.07) is -0.118. The van der Waals surface area contributed by atoms with Gasteiger partial charge in [-0.2, -0.15) is 0 Å². The van der Waals surface area contributed by atoms with Gasteiger partial charge in [0.15, 0.2) is 0 Å². The van der Waals surface area contributed by atoms with Crippen LogP contribution in [-0.2, 0) is 9.53 Å². The largest absolute Gasteiger partial charge is 0.396 e.